The second kappa shape index (κ2) is 8.46. The summed E-state index contributed by atoms with van der Waals surface area (Å²) in [6.07, 6.45) is 4.74. The lowest BCUT2D eigenvalue weighted by molar-refractivity contribution is 0.0219. The van der Waals surface area contributed by atoms with E-state index in [2.05, 4.69) is 9.62 Å². The van der Waals surface area contributed by atoms with E-state index in [9.17, 15) is 21.2 Å². The van der Waals surface area contributed by atoms with E-state index < -0.39 is 20.0 Å². The summed E-state index contributed by atoms with van der Waals surface area (Å²) in [6, 6.07) is 5.05. The molecular weight excluding hydrogens is 429 g/mol. The molecule has 7 nitrogen and oxygen atoms in total. The summed E-state index contributed by atoms with van der Waals surface area (Å²) >= 11 is 0. The third kappa shape index (κ3) is 4.72. The first-order valence-electron chi connectivity index (χ1n) is 10.6. The predicted octanol–water partition coefficient (Wildman–Crippen LogP) is 1.48. The van der Waals surface area contributed by atoms with Gasteiger partial charge in [-0.15, -0.1) is 0 Å². The Bertz CT molecular complexity index is 999. The van der Waals surface area contributed by atoms with Crippen molar-refractivity contribution in [2.45, 2.75) is 44.2 Å². The minimum absolute atomic E-state index is 0.0520. The number of nitrogens with one attached hydrogen (secondary N) is 1. The second-order valence-corrected chi connectivity index (χ2v) is 12.6. The van der Waals surface area contributed by atoms with Gasteiger partial charge in [0, 0.05) is 38.3 Å². The molecule has 0 amide bonds. The highest BCUT2D eigenvalue weighted by atomic mass is 32.2. The van der Waals surface area contributed by atoms with Crippen LogP contribution in [0.2, 0.25) is 0 Å². The highest BCUT2D eigenvalue weighted by Gasteiger charge is 2.45. The van der Waals surface area contributed by atoms with Gasteiger partial charge in [0.15, 0.2) is 0 Å². The Hall–Kier alpha value is -1.07. The van der Waals surface area contributed by atoms with Gasteiger partial charge in [-0.3, -0.25) is 4.90 Å². The number of piperidine rings is 2. The van der Waals surface area contributed by atoms with Crippen molar-refractivity contribution in [1.29, 1.82) is 0 Å². The third-order valence-corrected chi connectivity index (χ3v) is 9.38. The summed E-state index contributed by atoms with van der Waals surface area (Å²) in [5, 5.41) is 0. The van der Waals surface area contributed by atoms with Crippen molar-refractivity contribution >= 4 is 20.0 Å². The van der Waals surface area contributed by atoms with Crippen LogP contribution < -0.4 is 4.72 Å². The Morgan fingerprint density at radius 3 is 2.77 bits per heavy atom. The molecule has 0 spiro atoms. The van der Waals surface area contributed by atoms with Gasteiger partial charge in [-0.25, -0.2) is 25.9 Å². The van der Waals surface area contributed by atoms with Gasteiger partial charge in [0.05, 0.1) is 12.0 Å². The van der Waals surface area contributed by atoms with E-state index in [1.54, 1.807) is 10.4 Å². The molecule has 0 saturated carbocycles. The minimum atomic E-state index is -3.47. The zero-order chi connectivity index (χ0) is 21.5. The van der Waals surface area contributed by atoms with Crippen LogP contribution in [-0.2, 0) is 26.5 Å². The first-order valence-corrected chi connectivity index (χ1v) is 14.1. The maximum atomic E-state index is 13.7. The summed E-state index contributed by atoms with van der Waals surface area (Å²) in [7, 11) is -6.79. The molecule has 0 unspecified atom stereocenters. The molecular formula is C20H30FN3O4S2. The normalized spacial score (nSPS) is 27.9. The molecule has 3 aliphatic heterocycles. The zero-order valence-corrected chi connectivity index (χ0v) is 18.9. The van der Waals surface area contributed by atoms with Crippen LogP contribution in [0.4, 0.5) is 4.39 Å². The molecule has 0 aliphatic carbocycles. The van der Waals surface area contributed by atoms with Crippen LogP contribution in [-0.4, -0.2) is 70.3 Å². The average molecular weight is 460 g/mol. The van der Waals surface area contributed by atoms with Gasteiger partial charge >= 0.3 is 0 Å². The van der Waals surface area contributed by atoms with E-state index in [0.29, 0.717) is 12.5 Å². The van der Waals surface area contributed by atoms with Crippen LogP contribution in [0.25, 0.3) is 0 Å². The standard InChI is InChI=1S/C20H30FN3O4S2/c1-29(25,26)22-8-3-11-30(27,28)24-9-2-4-16-14-23-10-7-15-12-17(21)5-6-18(15)20(23)13-19(16)24/h5-6,12,16,19-20,22H,2-4,7-11,13-14H2,1H3/t16-,19+,20+/m1/s1. The SMILES string of the molecule is CS(=O)(=O)NCCCS(=O)(=O)N1CCC[C@@H]2CN3CCc4cc(F)ccc4[C@@H]3C[C@@H]21. The van der Waals surface area contributed by atoms with E-state index in [1.165, 1.54) is 6.07 Å². The van der Waals surface area contributed by atoms with Gasteiger partial charge in [-0.2, -0.15) is 4.31 Å². The summed E-state index contributed by atoms with van der Waals surface area (Å²) < 4.78 is 66.3. The zero-order valence-electron chi connectivity index (χ0n) is 17.3. The van der Waals surface area contributed by atoms with Crippen LogP contribution in [0.5, 0.6) is 0 Å². The number of halogens is 1. The van der Waals surface area contributed by atoms with Crippen molar-refractivity contribution in [3.8, 4) is 0 Å². The number of nitrogens with zero attached hydrogens (tertiary/aromatic N) is 2. The molecule has 168 valence electrons. The van der Waals surface area contributed by atoms with Crippen LogP contribution in [0.15, 0.2) is 18.2 Å². The van der Waals surface area contributed by atoms with E-state index in [-0.39, 0.29) is 36.6 Å². The lowest BCUT2D eigenvalue weighted by Crippen LogP contribution is -2.57. The number of sulfonamides is 2. The molecule has 0 aromatic heterocycles. The van der Waals surface area contributed by atoms with Crippen molar-refractivity contribution in [1.82, 2.24) is 13.9 Å². The van der Waals surface area contributed by atoms with Crippen LogP contribution >= 0.6 is 0 Å². The molecule has 3 atom stereocenters. The van der Waals surface area contributed by atoms with Crippen LogP contribution in [0.1, 0.15) is 42.9 Å². The van der Waals surface area contributed by atoms with Crippen molar-refractivity contribution in [2.24, 2.45) is 5.92 Å². The largest absolute Gasteiger partial charge is 0.296 e. The van der Waals surface area contributed by atoms with Gasteiger partial charge in [-0.05, 0) is 61.3 Å². The van der Waals surface area contributed by atoms with Gasteiger partial charge in [0.2, 0.25) is 20.0 Å². The number of hydrogen-bond donors (Lipinski definition) is 1. The molecule has 1 N–H and O–H groups in total. The summed E-state index contributed by atoms with van der Waals surface area (Å²) in [5.74, 6) is 0.0240. The van der Waals surface area contributed by atoms with Crippen molar-refractivity contribution in [3.63, 3.8) is 0 Å². The van der Waals surface area contributed by atoms with E-state index in [1.807, 2.05) is 6.07 Å². The van der Waals surface area contributed by atoms with E-state index >= 15 is 0 Å². The monoisotopic (exact) mass is 459 g/mol. The predicted molar refractivity (Wildman–Crippen MR) is 114 cm³/mol. The smallest absolute Gasteiger partial charge is 0.214 e. The Balaban J connectivity index is 1.49. The molecule has 30 heavy (non-hydrogen) atoms. The highest BCUT2D eigenvalue weighted by Crippen LogP contribution is 2.43. The molecule has 0 bridgehead atoms. The van der Waals surface area contributed by atoms with Crippen molar-refractivity contribution in [3.05, 3.63) is 35.1 Å². The Labute approximate surface area is 178 Å². The number of hydrogen-bond acceptors (Lipinski definition) is 5. The van der Waals surface area contributed by atoms with E-state index in [4.69, 9.17) is 0 Å². The number of benzene rings is 1. The fourth-order valence-corrected chi connectivity index (χ4v) is 7.69. The minimum Gasteiger partial charge on any atom is -0.296 e. The lowest BCUT2D eigenvalue weighted by atomic mass is 9.77. The van der Waals surface area contributed by atoms with E-state index in [0.717, 1.165) is 56.2 Å². The number of fused-ring (bicyclic) bond motifs is 4. The Morgan fingerprint density at radius 2 is 2.00 bits per heavy atom. The van der Waals surface area contributed by atoms with Gasteiger partial charge < -0.3 is 0 Å². The molecule has 3 heterocycles. The Kier molecular flexibility index (Phi) is 6.24. The third-order valence-electron chi connectivity index (χ3n) is 6.68. The summed E-state index contributed by atoms with van der Waals surface area (Å²) in [6.45, 7) is 2.39. The molecule has 10 heteroatoms. The second-order valence-electron chi connectivity index (χ2n) is 8.76. The van der Waals surface area contributed by atoms with Gasteiger partial charge in [-0.1, -0.05) is 6.07 Å². The first kappa shape index (κ1) is 22.1. The summed E-state index contributed by atoms with van der Waals surface area (Å²) in [5.41, 5.74) is 2.16. The van der Waals surface area contributed by atoms with Crippen molar-refractivity contribution in [2.75, 3.05) is 38.2 Å². The molecule has 2 fully saturated rings. The molecule has 1 aromatic rings. The fourth-order valence-electron chi connectivity index (χ4n) is 5.36. The van der Waals surface area contributed by atoms with Crippen molar-refractivity contribution < 1.29 is 21.2 Å². The van der Waals surface area contributed by atoms with Crippen LogP contribution in [0, 0.1) is 11.7 Å². The quantitative estimate of drug-likeness (QED) is 0.651. The molecule has 3 aliphatic rings. The summed E-state index contributed by atoms with van der Waals surface area (Å²) in [4.78, 5) is 2.44. The molecule has 1 aromatic carbocycles. The average Bonchev–Trinajstić information content (AvgIpc) is 2.68. The number of rotatable bonds is 6. The maximum Gasteiger partial charge on any atom is 0.214 e. The lowest BCUT2D eigenvalue weighted by Gasteiger charge is -2.51. The van der Waals surface area contributed by atoms with Crippen LogP contribution in [0.3, 0.4) is 0 Å². The van der Waals surface area contributed by atoms with Gasteiger partial charge in [0.25, 0.3) is 0 Å². The molecule has 0 radical (unpaired) electrons. The topological polar surface area (TPSA) is 86.8 Å². The molecule has 2 saturated heterocycles. The molecule has 4 rings (SSSR count). The Morgan fingerprint density at radius 1 is 1.20 bits per heavy atom. The first-order chi connectivity index (χ1) is 14.1. The maximum absolute atomic E-state index is 13.7. The van der Waals surface area contributed by atoms with Gasteiger partial charge in [0.1, 0.15) is 5.82 Å². The highest BCUT2D eigenvalue weighted by molar-refractivity contribution is 7.89. The fraction of sp³-hybridized carbons (Fsp3) is 0.700.